The predicted octanol–water partition coefficient (Wildman–Crippen LogP) is 4.99. The number of methoxy groups -OCH3 is 1. The second-order valence-electron chi connectivity index (χ2n) is 9.78. The van der Waals surface area contributed by atoms with E-state index in [0.29, 0.717) is 25.0 Å². The van der Waals surface area contributed by atoms with Crippen LogP contribution in [0.5, 0.6) is 5.88 Å². The molecule has 11 heteroatoms. The topological polar surface area (TPSA) is 80.8 Å². The molecule has 2 atom stereocenters. The minimum Gasteiger partial charge on any atom is -0.481 e. The van der Waals surface area contributed by atoms with Crippen LogP contribution in [0.25, 0.3) is 5.57 Å². The standard InChI is InChI=1S/C24H31F4N3O4/c1-23(2,3)35-22(33)31-11-5-6-18(31)20(32)29-13-15-12-17(25)19(30-21(15)34-4)14-7-9-16(10-8-14)24(26,27)28/h7,12,16,18H,5-6,8-11,13H2,1-4H3,(H,29,32)/t16?,18-/m0/s1. The summed E-state index contributed by atoms with van der Waals surface area (Å²) >= 11 is 0. The number of aromatic nitrogens is 1. The number of ether oxygens (including phenoxy) is 2. The van der Waals surface area contributed by atoms with E-state index in [0.717, 1.165) is 0 Å². The average molecular weight is 502 g/mol. The van der Waals surface area contributed by atoms with Gasteiger partial charge in [0.1, 0.15) is 23.2 Å². The molecule has 7 nitrogen and oxygen atoms in total. The SMILES string of the molecule is COc1nc(C2=CCC(C(F)(F)F)CC2)c(F)cc1CNC(=O)[C@@H]1CCCN1C(=O)OC(C)(C)C. The number of allylic oxidation sites excluding steroid dienone is 2. The largest absolute Gasteiger partial charge is 0.481 e. The molecular formula is C24H31F4N3O4. The fourth-order valence-electron chi connectivity index (χ4n) is 4.26. The van der Waals surface area contributed by atoms with E-state index in [1.165, 1.54) is 24.2 Å². The molecule has 0 spiro atoms. The lowest BCUT2D eigenvalue weighted by atomic mass is 9.87. The first-order valence-electron chi connectivity index (χ1n) is 11.6. The van der Waals surface area contributed by atoms with Gasteiger partial charge >= 0.3 is 12.3 Å². The molecule has 0 bridgehead atoms. The highest BCUT2D eigenvalue weighted by Crippen LogP contribution is 2.40. The molecule has 1 unspecified atom stereocenters. The Kier molecular flexibility index (Phi) is 7.96. The number of hydrogen-bond acceptors (Lipinski definition) is 5. The Bertz CT molecular complexity index is 988. The van der Waals surface area contributed by atoms with Crippen LogP contribution >= 0.6 is 0 Å². The van der Waals surface area contributed by atoms with Gasteiger partial charge in [0.05, 0.1) is 13.0 Å². The van der Waals surface area contributed by atoms with E-state index in [2.05, 4.69) is 10.3 Å². The third-order valence-corrected chi connectivity index (χ3v) is 6.02. The molecule has 1 N–H and O–H groups in total. The van der Waals surface area contributed by atoms with Crippen LogP contribution in [0.15, 0.2) is 12.1 Å². The quantitative estimate of drug-likeness (QED) is 0.575. The number of carbonyl (C=O) groups excluding carboxylic acids is 2. The molecule has 1 saturated heterocycles. The lowest BCUT2D eigenvalue weighted by molar-refractivity contribution is -0.175. The predicted molar refractivity (Wildman–Crippen MR) is 120 cm³/mol. The highest BCUT2D eigenvalue weighted by molar-refractivity contribution is 5.86. The summed E-state index contributed by atoms with van der Waals surface area (Å²) in [6, 6.07) is 0.459. The Labute approximate surface area is 201 Å². The van der Waals surface area contributed by atoms with Gasteiger partial charge in [0.2, 0.25) is 11.8 Å². The van der Waals surface area contributed by atoms with Crippen molar-refractivity contribution in [2.45, 2.75) is 77.2 Å². The van der Waals surface area contributed by atoms with Crippen molar-refractivity contribution >= 4 is 17.6 Å². The van der Waals surface area contributed by atoms with Crippen molar-refractivity contribution in [2.24, 2.45) is 5.92 Å². The zero-order valence-electron chi connectivity index (χ0n) is 20.3. The van der Waals surface area contributed by atoms with Gasteiger partial charge in [-0.1, -0.05) is 6.08 Å². The fraction of sp³-hybridized carbons (Fsp3) is 0.625. The normalized spacial score (nSPS) is 20.9. The molecule has 1 aromatic rings. The molecule has 194 valence electrons. The number of likely N-dealkylation sites (tertiary alicyclic amines) is 1. The van der Waals surface area contributed by atoms with Crippen molar-refractivity contribution in [2.75, 3.05) is 13.7 Å². The summed E-state index contributed by atoms with van der Waals surface area (Å²) in [5.74, 6) is -2.49. The van der Waals surface area contributed by atoms with E-state index in [9.17, 15) is 27.2 Å². The van der Waals surface area contributed by atoms with Crippen LogP contribution in [-0.2, 0) is 16.1 Å². The van der Waals surface area contributed by atoms with Crippen LogP contribution < -0.4 is 10.1 Å². The molecule has 1 fully saturated rings. The number of hydrogen-bond donors (Lipinski definition) is 1. The Morgan fingerprint density at radius 2 is 1.94 bits per heavy atom. The first-order valence-corrected chi connectivity index (χ1v) is 11.6. The molecule has 2 heterocycles. The number of alkyl halides is 3. The lowest BCUT2D eigenvalue weighted by Gasteiger charge is -2.28. The van der Waals surface area contributed by atoms with E-state index < -0.39 is 41.6 Å². The highest BCUT2D eigenvalue weighted by Gasteiger charge is 2.40. The second kappa shape index (κ2) is 10.4. The number of nitrogens with one attached hydrogen (secondary N) is 1. The summed E-state index contributed by atoms with van der Waals surface area (Å²) in [5.41, 5.74) is -0.0748. The van der Waals surface area contributed by atoms with Gasteiger partial charge in [-0.3, -0.25) is 9.69 Å². The zero-order chi connectivity index (χ0) is 26.0. The van der Waals surface area contributed by atoms with Crippen molar-refractivity contribution in [3.05, 3.63) is 29.2 Å². The maximum Gasteiger partial charge on any atom is 0.410 e. The number of rotatable bonds is 5. The summed E-state index contributed by atoms with van der Waals surface area (Å²) < 4.78 is 64.3. The van der Waals surface area contributed by atoms with E-state index >= 15 is 0 Å². The minimum absolute atomic E-state index is 0.0511. The summed E-state index contributed by atoms with van der Waals surface area (Å²) in [6.07, 6.45) is -2.67. The van der Waals surface area contributed by atoms with E-state index in [1.807, 2.05) is 0 Å². The number of halogens is 4. The van der Waals surface area contributed by atoms with Crippen LogP contribution in [0.4, 0.5) is 22.4 Å². The van der Waals surface area contributed by atoms with Crippen LogP contribution in [-0.4, -0.2) is 53.4 Å². The molecule has 2 amide bonds. The van der Waals surface area contributed by atoms with Gasteiger partial charge in [-0.15, -0.1) is 0 Å². The molecule has 2 aliphatic rings. The van der Waals surface area contributed by atoms with Crippen molar-refractivity contribution in [3.63, 3.8) is 0 Å². The summed E-state index contributed by atoms with van der Waals surface area (Å²) in [6.45, 7) is 5.52. The van der Waals surface area contributed by atoms with Gasteiger partial charge in [0.15, 0.2) is 0 Å². The van der Waals surface area contributed by atoms with Gasteiger partial charge in [-0.2, -0.15) is 13.2 Å². The van der Waals surface area contributed by atoms with Crippen molar-refractivity contribution in [3.8, 4) is 5.88 Å². The van der Waals surface area contributed by atoms with Crippen LogP contribution in [0.3, 0.4) is 0 Å². The number of nitrogens with zero attached hydrogens (tertiary/aromatic N) is 2. The van der Waals surface area contributed by atoms with Crippen molar-refractivity contribution in [1.82, 2.24) is 15.2 Å². The van der Waals surface area contributed by atoms with Crippen LogP contribution in [0.1, 0.15) is 64.1 Å². The monoisotopic (exact) mass is 501 g/mol. The van der Waals surface area contributed by atoms with Gasteiger partial charge < -0.3 is 14.8 Å². The minimum atomic E-state index is -4.29. The summed E-state index contributed by atoms with van der Waals surface area (Å²) in [7, 11) is 1.34. The number of carbonyl (C=O) groups is 2. The molecule has 1 aromatic heterocycles. The van der Waals surface area contributed by atoms with E-state index in [-0.39, 0.29) is 42.9 Å². The molecule has 0 aromatic carbocycles. The number of amides is 2. The molecule has 1 aliphatic carbocycles. The van der Waals surface area contributed by atoms with E-state index in [1.54, 1.807) is 20.8 Å². The Hall–Kier alpha value is -2.85. The molecule has 0 radical (unpaired) electrons. The third kappa shape index (κ3) is 6.64. The average Bonchev–Trinajstić information content (AvgIpc) is 3.26. The van der Waals surface area contributed by atoms with Gasteiger partial charge in [-0.25, -0.2) is 14.2 Å². The second-order valence-corrected chi connectivity index (χ2v) is 9.78. The maximum absolute atomic E-state index is 14.9. The number of pyridine rings is 1. The van der Waals surface area contributed by atoms with Crippen molar-refractivity contribution < 1.29 is 36.6 Å². The molecule has 1 aliphatic heterocycles. The van der Waals surface area contributed by atoms with Crippen molar-refractivity contribution in [1.29, 1.82) is 0 Å². The van der Waals surface area contributed by atoms with E-state index in [4.69, 9.17) is 9.47 Å². The first-order chi connectivity index (χ1) is 16.3. The summed E-state index contributed by atoms with van der Waals surface area (Å²) in [5, 5.41) is 2.70. The van der Waals surface area contributed by atoms with Gasteiger partial charge in [0.25, 0.3) is 0 Å². The van der Waals surface area contributed by atoms with Crippen LogP contribution in [0.2, 0.25) is 0 Å². The zero-order valence-corrected chi connectivity index (χ0v) is 20.3. The smallest absolute Gasteiger partial charge is 0.410 e. The lowest BCUT2D eigenvalue weighted by Crippen LogP contribution is -2.47. The molecule has 3 rings (SSSR count). The Morgan fingerprint density at radius 1 is 1.23 bits per heavy atom. The van der Waals surface area contributed by atoms with Gasteiger partial charge in [0, 0.05) is 18.7 Å². The molecule has 0 saturated carbocycles. The van der Waals surface area contributed by atoms with Crippen LogP contribution in [0, 0.1) is 11.7 Å². The Morgan fingerprint density at radius 3 is 2.51 bits per heavy atom. The van der Waals surface area contributed by atoms with Gasteiger partial charge in [-0.05, 0) is 64.5 Å². The molecular weight excluding hydrogens is 470 g/mol. The summed E-state index contributed by atoms with van der Waals surface area (Å²) in [4.78, 5) is 30.8. The molecule has 35 heavy (non-hydrogen) atoms. The third-order valence-electron chi connectivity index (χ3n) is 6.02. The Balaban J connectivity index is 1.69. The fourth-order valence-corrected chi connectivity index (χ4v) is 4.26. The highest BCUT2D eigenvalue weighted by atomic mass is 19.4. The first kappa shape index (κ1) is 26.7. The maximum atomic E-state index is 14.9.